The van der Waals surface area contributed by atoms with E-state index in [0.717, 1.165) is 4.88 Å². The molecule has 1 aromatic carbocycles. The van der Waals surface area contributed by atoms with Crippen LogP contribution in [-0.2, 0) is 4.79 Å². The second-order valence-corrected chi connectivity index (χ2v) is 4.80. The van der Waals surface area contributed by atoms with E-state index in [-0.39, 0.29) is 5.91 Å². The van der Waals surface area contributed by atoms with Gasteiger partial charge in [0.05, 0.1) is 5.57 Å². The van der Waals surface area contributed by atoms with E-state index in [2.05, 4.69) is 10.7 Å². The van der Waals surface area contributed by atoms with Gasteiger partial charge in [0.15, 0.2) is 0 Å². The van der Waals surface area contributed by atoms with Crippen LogP contribution in [0.2, 0.25) is 0 Å². The number of hydrogen-bond donors (Lipinski definition) is 3. The van der Waals surface area contributed by atoms with Crippen LogP contribution >= 0.6 is 11.3 Å². The Hall–Kier alpha value is -2.44. The first-order valence-electron chi connectivity index (χ1n) is 5.83. The van der Waals surface area contributed by atoms with Gasteiger partial charge in [-0.05, 0) is 23.6 Å². The van der Waals surface area contributed by atoms with Gasteiger partial charge in [0.2, 0.25) is 0 Å². The number of nitrogens with two attached hydrogens (primary N) is 1. The van der Waals surface area contributed by atoms with E-state index >= 15 is 0 Å². The van der Waals surface area contributed by atoms with Crippen LogP contribution in [0.1, 0.15) is 15.2 Å². The number of thiophene rings is 1. The molecule has 0 saturated carbocycles. The van der Waals surface area contributed by atoms with Crippen LogP contribution in [0.4, 0.5) is 0 Å². The SMILES string of the molecule is NNC(=O)/C(=C\NC(=O)c1ccccc1)c1cccs1. The van der Waals surface area contributed by atoms with E-state index in [1.807, 2.05) is 17.5 Å². The summed E-state index contributed by atoms with van der Waals surface area (Å²) in [5.41, 5.74) is 2.89. The minimum absolute atomic E-state index is 0.288. The zero-order valence-electron chi connectivity index (χ0n) is 10.5. The van der Waals surface area contributed by atoms with Gasteiger partial charge in [-0.1, -0.05) is 24.3 Å². The molecule has 0 atom stereocenters. The summed E-state index contributed by atoms with van der Waals surface area (Å²) < 4.78 is 0. The van der Waals surface area contributed by atoms with Crippen LogP contribution in [0.15, 0.2) is 54.0 Å². The van der Waals surface area contributed by atoms with Crippen molar-refractivity contribution in [1.29, 1.82) is 0 Å². The fourth-order valence-electron chi connectivity index (χ4n) is 1.57. The minimum Gasteiger partial charge on any atom is -0.328 e. The lowest BCUT2D eigenvalue weighted by molar-refractivity contribution is -0.115. The Morgan fingerprint density at radius 1 is 1.10 bits per heavy atom. The molecule has 0 aliphatic carbocycles. The summed E-state index contributed by atoms with van der Waals surface area (Å²) in [5.74, 6) is 4.40. The second-order valence-electron chi connectivity index (χ2n) is 3.85. The molecule has 0 fully saturated rings. The molecule has 0 aliphatic rings. The van der Waals surface area contributed by atoms with Crippen molar-refractivity contribution in [3.05, 3.63) is 64.5 Å². The average molecular weight is 287 g/mol. The lowest BCUT2D eigenvalue weighted by atomic mass is 10.2. The summed E-state index contributed by atoms with van der Waals surface area (Å²) in [6.45, 7) is 0. The number of carbonyl (C=O) groups excluding carboxylic acids is 2. The van der Waals surface area contributed by atoms with Crippen molar-refractivity contribution in [3.63, 3.8) is 0 Å². The maximum atomic E-state index is 11.9. The fourth-order valence-corrected chi connectivity index (χ4v) is 2.31. The number of rotatable bonds is 4. The van der Waals surface area contributed by atoms with Crippen molar-refractivity contribution in [2.45, 2.75) is 0 Å². The zero-order valence-corrected chi connectivity index (χ0v) is 11.3. The third-order valence-electron chi connectivity index (χ3n) is 2.55. The molecular weight excluding hydrogens is 274 g/mol. The molecule has 2 amide bonds. The molecule has 20 heavy (non-hydrogen) atoms. The summed E-state index contributed by atoms with van der Waals surface area (Å²) in [5, 5.41) is 4.43. The summed E-state index contributed by atoms with van der Waals surface area (Å²) >= 11 is 1.39. The van der Waals surface area contributed by atoms with Gasteiger partial charge in [-0.3, -0.25) is 15.0 Å². The highest BCUT2D eigenvalue weighted by molar-refractivity contribution is 7.11. The number of amides is 2. The highest BCUT2D eigenvalue weighted by atomic mass is 32.1. The molecule has 4 N–H and O–H groups in total. The Kier molecular flexibility index (Phi) is 4.65. The molecule has 0 bridgehead atoms. The Balaban J connectivity index is 2.18. The van der Waals surface area contributed by atoms with Crippen LogP contribution in [-0.4, -0.2) is 11.8 Å². The quantitative estimate of drug-likeness (QED) is 0.345. The van der Waals surface area contributed by atoms with E-state index in [9.17, 15) is 9.59 Å². The number of carbonyl (C=O) groups is 2. The van der Waals surface area contributed by atoms with Crippen LogP contribution in [0.5, 0.6) is 0 Å². The molecule has 5 nitrogen and oxygen atoms in total. The van der Waals surface area contributed by atoms with Gasteiger partial charge >= 0.3 is 0 Å². The van der Waals surface area contributed by atoms with Crippen molar-refractivity contribution in [1.82, 2.24) is 10.7 Å². The number of nitrogens with one attached hydrogen (secondary N) is 2. The number of hydrazine groups is 1. The van der Waals surface area contributed by atoms with Crippen molar-refractivity contribution < 1.29 is 9.59 Å². The summed E-state index contributed by atoms with van der Waals surface area (Å²) in [7, 11) is 0. The molecule has 0 saturated heterocycles. The summed E-state index contributed by atoms with van der Waals surface area (Å²) in [6, 6.07) is 12.3. The third kappa shape index (κ3) is 3.31. The Bertz CT molecular complexity index is 621. The first-order valence-corrected chi connectivity index (χ1v) is 6.71. The number of benzene rings is 1. The van der Waals surface area contributed by atoms with E-state index in [1.54, 1.807) is 30.3 Å². The van der Waals surface area contributed by atoms with Crippen LogP contribution in [0.3, 0.4) is 0 Å². The van der Waals surface area contributed by atoms with Crippen LogP contribution in [0, 0.1) is 0 Å². The molecular formula is C14H13N3O2S. The van der Waals surface area contributed by atoms with Crippen molar-refractivity contribution in [2.75, 3.05) is 0 Å². The van der Waals surface area contributed by atoms with Gasteiger partial charge in [0, 0.05) is 16.6 Å². The van der Waals surface area contributed by atoms with Crippen molar-refractivity contribution in [3.8, 4) is 0 Å². The van der Waals surface area contributed by atoms with Gasteiger partial charge in [0.1, 0.15) is 0 Å². The molecule has 0 radical (unpaired) electrons. The zero-order chi connectivity index (χ0) is 14.4. The highest BCUT2D eigenvalue weighted by Crippen LogP contribution is 2.19. The lowest BCUT2D eigenvalue weighted by Gasteiger charge is -2.05. The molecule has 0 unspecified atom stereocenters. The van der Waals surface area contributed by atoms with Crippen LogP contribution in [0.25, 0.3) is 5.57 Å². The lowest BCUT2D eigenvalue weighted by Crippen LogP contribution is -2.31. The van der Waals surface area contributed by atoms with E-state index in [1.165, 1.54) is 17.5 Å². The monoisotopic (exact) mass is 287 g/mol. The first kappa shape index (κ1) is 14.0. The van der Waals surface area contributed by atoms with Gasteiger partial charge in [0.25, 0.3) is 11.8 Å². The smallest absolute Gasteiger partial charge is 0.268 e. The second kappa shape index (κ2) is 6.65. The van der Waals surface area contributed by atoms with E-state index < -0.39 is 5.91 Å². The minimum atomic E-state index is -0.458. The summed E-state index contributed by atoms with van der Waals surface area (Å²) in [4.78, 5) is 24.3. The Labute approximate surface area is 120 Å². The van der Waals surface area contributed by atoms with Crippen molar-refractivity contribution in [2.24, 2.45) is 5.84 Å². The normalized spacial score (nSPS) is 10.9. The maximum absolute atomic E-state index is 11.9. The molecule has 2 rings (SSSR count). The first-order chi connectivity index (χ1) is 9.72. The number of hydrogen-bond acceptors (Lipinski definition) is 4. The van der Waals surface area contributed by atoms with Gasteiger partial charge in [-0.25, -0.2) is 5.84 Å². The van der Waals surface area contributed by atoms with Gasteiger partial charge in [-0.15, -0.1) is 11.3 Å². The third-order valence-corrected chi connectivity index (χ3v) is 3.45. The molecule has 6 heteroatoms. The maximum Gasteiger partial charge on any atom is 0.268 e. The van der Waals surface area contributed by atoms with E-state index in [0.29, 0.717) is 11.1 Å². The van der Waals surface area contributed by atoms with Crippen molar-refractivity contribution >= 4 is 28.7 Å². The molecule has 0 aliphatic heterocycles. The molecule has 102 valence electrons. The highest BCUT2D eigenvalue weighted by Gasteiger charge is 2.12. The Morgan fingerprint density at radius 3 is 2.45 bits per heavy atom. The largest absolute Gasteiger partial charge is 0.328 e. The molecule has 1 aromatic heterocycles. The standard InChI is InChI=1S/C14H13N3O2S/c15-17-14(19)11(12-7-4-8-20-12)9-16-13(18)10-5-2-1-3-6-10/h1-9H,15H2,(H,16,18)(H,17,19)/b11-9-. The molecule has 2 aromatic rings. The molecule has 1 heterocycles. The summed E-state index contributed by atoms with van der Waals surface area (Å²) in [6.07, 6.45) is 1.36. The topological polar surface area (TPSA) is 84.2 Å². The van der Waals surface area contributed by atoms with Gasteiger partial charge in [-0.2, -0.15) is 0 Å². The van der Waals surface area contributed by atoms with Gasteiger partial charge < -0.3 is 5.32 Å². The fraction of sp³-hybridized carbons (Fsp3) is 0. The average Bonchev–Trinajstić information content (AvgIpc) is 3.02. The van der Waals surface area contributed by atoms with E-state index in [4.69, 9.17) is 5.84 Å². The molecule has 0 spiro atoms. The van der Waals surface area contributed by atoms with Crippen LogP contribution < -0.4 is 16.6 Å². The predicted octanol–water partition coefficient (Wildman–Crippen LogP) is 1.51. The Morgan fingerprint density at radius 2 is 1.85 bits per heavy atom. The predicted molar refractivity (Wildman–Crippen MR) is 78.5 cm³/mol.